The number of anilines is 6. The molecule has 0 fully saturated rings. The fraction of sp³-hybridized carbons (Fsp3) is 0.0612. The monoisotopic (exact) mass is 1280 g/mol. The molecule has 474 valence electrons. The molecule has 0 amide bonds. The first-order chi connectivity index (χ1) is 49.1. The van der Waals surface area contributed by atoms with Gasteiger partial charge in [-0.3, -0.25) is 0 Å². The van der Waals surface area contributed by atoms with Crippen LogP contribution in [-0.4, -0.2) is 0 Å². The van der Waals surface area contributed by atoms with E-state index in [2.05, 4.69) is 401 Å². The van der Waals surface area contributed by atoms with Crippen LogP contribution in [0.3, 0.4) is 0 Å². The SMILES string of the molecule is CC1(C)c2ccccc2-c2ccc(N(c3cc(-c4ccccc4)cc(-c4ccccc4)c3)c3cc(-c4ccccc4)c4ccccc4c3)cc21.CC1(C)c2ccccc2-c2ccc(N(c3ccc4ccccc4c3)c3cc(-c4ccc5ccc6ccccc6c5c4)c4ccccc4c3)cc21. The summed E-state index contributed by atoms with van der Waals surface area (Å²) in [6.45, 7) is 9.44. The van der Waals surface area contributed by atoms with Crippen LogP contribution in [0.1, 0.15) is 49.9 Å². The van der Waals surface area contributed by atoms with Gasteiger partial charge in [0.2, 0.25) is 0 Å². The quantitative estimate of drug-likeness (QED) is 0.126. The summed E-state index contributed by atoms with van der Waals surface area (Å²) in [6.07, 6.45) is 0. The van der Waals surface area contributed by atoms with E-state index in [1.807, 2.05) is 0 Å². The summed E-state index contributed by atoms with van der Waals surface area (Å²) in [6, 6.07) is 134. The standard InChI is InChI=1S/C49H35N.C49H37N/c1-49(2)47-18-10-9-17-43(47)44-26-25-39(31-48(44)49)50(38-24-23-32-11-3-4-13-35(32)27-38)40-28-36-14-6-8-16-42(36)46(30-40)37-22-21-34-20-19-33-12-5-7-15-41(33)45(34)29-37;1-49(2)47-25-15-14-24-44(47)45-27-26-40(33-48(45)49)50(42-29-37-22-12-13-23-43(37)46(32-42)36-20-10-5-11-21-36)41-30-38(34-16-6-3-7-17-34)28-39(31-41)35-18-8-4-9-19-35/h3-31H,1-2H3;3-33H,1-2H3. The van der Waals surface area contributed by atoms with Gasteiger partial charge in [0.25, 0.3) is 0 Å². The number of hydrogen-bond acceptors (Lipinski definition) is 2. The molecule has 17 aromatic rings. The Morgan fingerprint density at radius 2 is 0.530 bits per heavy atom. The van der Waals surface area contributed by atoms with E-state index in [0.717, 1.165) is 34.1 Å². The fourth-order valence-electron chi connectivity index (χ4n) is 16.3. The Hall–Kier alpha value is -12.4. The summed E-state index contributed by atoms with van der Waals surface area (Å²) in [4.78, 5) is 4.93. The summed E-state index contributed by atoms with van der Waals surface area (Å²) >= 11 is 0. The Morgan fingerprint density at radius 3 is 1.08 bits per heavy atom. The third-order valence-corrected chi connectivity index (χ3v) is 21.4. The molecule has 2 aliphatic carbocycles. The van der Waals surface area contributed by atoms with Crippen LogP contribution in [0, 0.1) is 0 Å². The molecule has 0 spiro atoms. The molecule has 0 bridgehead atoms. The topological polar surface area (TPSA) is 6.48 Å². The molecule has 0 N–H and O–H groups in total. The van der Waals surface area contributed by atoms with Gasteiger partial charge in [0.1, 0.15) is 0 Å². The van der Waals surface area contributed by atoms with E-state index >= 15 is 0 Å². The van der Waals surface area contributed by atoms with Gasteiger partial charge in [-0.1, -0.05) is 307 Å². The maximum atomic E-state index is 2.47. The van der Waals surface area contributed by atoms with Gasteiger partial charge >= 0.3 is 0 Å². The number of hydrogen-bond donors (Lipinski definition) is 0. The zero-order valence-electron chi connectivity index (χ0n) is 56.5. The van der Waals surface area contributed by atoms with E-state index in [1.165, 1.54) is 143 Å². The van der Waals surface area contributed by atoms with Crippen molar-refractivity contribution in [3.63, 3.8) is 0 Å². The van der Waals surface area contributed by atoms with Gasteiger partial charge in [-0.15, -0.1) is 0 Å². The minimum atomic E-state index is -0.118. The molecule has 2 aliphatic rings. The molecule has 2 nitrogen and oxygen atoms in total. The van der Waals surface area contributed by atoms with Crippen LogP contribution >= 0.6 is 0 Å². The molecular weight excluding hydrogens is 1210 g/mol. The first-order valence-corrected chi connectivity index (χ1v) is 34.9. The summed E-state index contributed by atoms with van der Waals surface area (Å²) in [5.41, 5.74) is 27.1. The average molecular weight is 1280 g/mol. The van der Waals surface area contributed by atoms with Crippen LogP contribution in [0.2, 0.25) is 0 Å². The van der Waals surface area contributed by atoms with E-state index in [0.29, 0.717) is 0 Å². The van der Waals surface area contributed by atoms with E-state index in [4.69, 9.17) is 0 Å². The summed E-state index contributed by atoms with van der Waals surface area (Å²) in [5.74, 6) is 0. The highest BCUT2D eigenvalue weighted by molar-refractivity contribution is 6.11. The third-order valence-electron chi connectivity index (χ3n) is 21.4. The van der Waals surface area contributed by atoms with Crippen molar-refractivity contribution in [2.75, 3.05) is 9.80 Å². The van der Waals surface area contributed by atoms with Crippen molar-refractivity contribution < 1.29 is 0 Å². The van der Waals surface area contributed by atoms with Crippen LogP contribution < -0.4 is 9.80 Å². The maximum absolute atomic E-state index is 2.47. The lowest BCUT2D eigenvalue weighted by molar-refractivity contribution is 0.660. The Bertz CT molecular complexity index is 5980. The fourth-order valence-corrected chi connectivity index (χ4v) is 16.3. The zero-order chi connectivity index (χ0) is 67.1. The van der Waals surface area contributed by atoms with Crippen LogP contribution in [-0.2, 0) is 10.8 Å². The highest BCUT2D eigenvalue weighted by Gasteiger charge is 2.37. The number of nitrogens with zero attached hydrogens (tertiary/aromatic N) is 2. The molecule has 17 aromatic carbocycles. The molecule has 19 rings (SSSR count). The molecule has 0 aliphatic heterocycles. The molecule has 0 radical (unpaired) electrons. The lowest BCUT2D eigenvalue weighted by Crippen LogP contribution is -2.16. The molecular formula is C98H72N2. The van der Waals surface area contributed by atoms with Gasteiger partial charge in [-0.25, -0.2) is 0 Å². The van der Waals surface area contributed by atoms with Crippen LogP contribution in [0.25, 0.3) is 121 Å². The summed E-state index contributed by atoms with van der Waals surface area (Å²) in [7, 11) is 0. The first-order valence-electron chi connectivity index (χ1n) is 34.9. The second-order valence-electron chi connectivity index (χ2n) is 28.0. The van der Waals surface area contributed by atoms with E-state index < -0.39 is 0 Å². The van der Waals surface area contributed by atoms with Crippen molar-refractivity contribution in [1.82, 2.24) is 0 Å². The highest BCUT2D eigenvalue weighted by atomic mass is 15.1. The predicted octanol–water partition coefficient (Wildman–Crippen LogP) is 27.4. The van der Waals surface area contributed by atoms with Gasteiger partial charge in [-0.2, -0.15) is 0 Å². The van der Waals surface area contributed by atoms with Crippen LogP contribution in [0.5, 0.6) is 0 Å². The van der Waals surface area contributed by atoms with Gasteiger partial charge in [0.05, 0.1) is 0 Å². The van der Waals surface area contributed by atoms with Crippen LogP contribution in [0.15, 0.2) is 364 Å². The highest BCUT2D eigenvalue weighted by Crippen LogP contribution is 2.54. The van der Waals surface area contributed by atoms with E-state index in [-0.39, 0.29) is 10.8 Å². The lowest BCUT2D eigenvalue weighted by Gasteiger charge is -2.30. The molecule has 0 aromatic heterocycles. The van der Waals surface area contributed by atoms with Crippen molar-refractivity contribution in [2.24, 2.45) is 0 Å². The first kappa shape index (κ1) is 60.1. The van der Waals surface area contributed by atoms with Crippen molar-refractivity contribution in [3.05, 3.63) is 386 Å². The molecule has 0 unspecified atom stereocenters. The maximum Gasteiger partial charge on any atom is 0.0474 e. The minimum Gasteiger partial charge on any atom is -0.310 e. The average Bonchev–Trinajstić information content (AvgIpc) is 1.54. The summed E-state index contributed by atoms with van der Waals surface area (Å²) < 4.78 is 0. The van der Waals surface area contributed by atoms with Crippen molar-refractivity contribution in [3.8, 4) is 66.8 Å². The van der Waals surface area contributed by atoms with Crippen molar-refractivity contribution in [1.29, 1.82) is 0 Å². The minimum absolute atomic E-state index is 0.0978. The second kappa shape index (κ2) is 24.3. The smallest absolute Gasteiger partial charge is 0.0474 e. The lowest BCUT2D eigenvalue weighted by atomic mass is 9.82. The number of benzene rings is 17. The molecule has 100 heavy (non-hydrogen) atoms. The number of fused-ring (bicyclic) bond motifs is 12. The Labute approximate surface area is 585 Å². The summed E-state index contributed by atoms with van der Waals surface area (Å²) in [5, 5.41) is 12.5. The van der Waals surface area contributed by atoms with Gasteiger partial charge < -0.3 is 9.80 Å². The van der Waals surface area contributed by atoms with Crippen molar-refractivity contribution >= 4 is 88.0 Å². The van der Waals surface area contributed by atoms with E-state index in [9.17, 15) is 0 Å². The largest absolute Gasteiger partial charge is 0.310 e. The molecule has 0 atom stereocenters. The number of rotatable bonds is 10. The van der Waals surface area contributed by atoms with Gasteiger partial charge in [0.15, 0.2) is 0 Å². The van der Waals surface area contributed by atoms with Gasteiger partial charge in [-0.05, 0) is 228 Å². The van der Waals surface area contributed by atoms with Gasteiger partial charge in [0, 0.05) is 45.0 Å². The van der Waals surface area contributed by atoms with E-state index in [1.54, 1.807) is 0 Å². The Morgan fingerprint density at radius 1 is 0.170 bits per heavy atom. The zero-order valence-corrected chi connectivity index (χ0v) is 56.5. The van der Waals surface area contributed by atoms with Crippen molar-refractivity contribution in [2.45, 2.75) is 38.5 Å². The molecule has 0 saturated heterocycles. The molecule has 0 saturated carbocycles. The Kier molecular flexibility index (Phi) is 14.6. The third kappa shape index (κ3) is 10.4. The Balaban J connectivity index is 0.000000144. The normalized spacial score (nSPS) is 13.0. The molecule has 2 heteroatoms. The van der Waals surface area contributed by atoms with Crippen LogP contribution in [0.4, 0.5) is 34.1 Å². The molecule has 0 heterocycles. The predicted molar refractivity (Wildman–Crippen MR) is 427 cm³/mol. The second-order valence-corrected chi connectivity index (χ2v) is 28.0.